The fourth-order valence-corrected chi connectivity index (χ4v) is 2.00. The third-order valence-electron chi connectivity index (χ3n) is 2.76. The number of hydrogen-bond acceptors (Lipinski definition) is 5. The highest BCUT2D eigenvalue weighted by molar-refractivity contribution is 9.10. The van der Waals surface area contributed by atoms with E-state index < -0.39 is 5.97 Å². The number of halogens is 1. The standard InChI is InChI=1S/C15H14BrNO4/c1-19-12-5-3-10(4-6-12)9-21-14-13(15(18)20-2)7-11(16)8-17-14/h3-8H,9H2,1-2H3. The number of carbonyl (C=O) groups excluding carboxylic acids is 1. The molecule has 0 amide bonds. The quantitative estimate of drug-likeness (QED) is 0.774. The molecule has 0 N–H and O–H groups in total. The number of aromatic nitrogens is 1. The Morgan fingerprint density at radius 2 is 1.95 bits per heavy atom. The normalized spacial score (nSPS) is 10.0. The zero-order chi connectivity index (χ0) is 15.2. The van der Waals surface area contributed by atoms with Crippen molar-refractivity contribution in [1.82, 2.24) is 4.98 Å². The molecule has 6 heteroatoms. The number of esters is 1. The lowest BCUT2D eigenvalue weighted by atomic mass is 10.2. The van der Waals surface area contributed by atoms with Crippen molar-refractivity contribution in [1.29, 1.82) is 0 Å². The lowest BCUT2D eigenvalue weighted by Crippen LogP contribution is -2.07. The van der Waals surface area contributed by atoms with Crippen molar-refractivity contribution in [3.05, 3.63) is 52.1 Å². The fourth-order valence-electron chi connectivity index (χ4n) is 1.67. The van der Waals surface area contributed by atoms with Crippen LogP contribution in [-0.2, 0) is 11.3 Å². The van der Waals surface area contributed by atoms with Gasteiger partial charge in [0.1, 0.15) is 17.9 Å². The summed E-state index contributed by atoms with van der Waals surface area (Å²) >= 11 is 3.27. The summed E-state index contributed by atoms with van der Waals surface area (Å²) in [5, 5.41) is 0. The molecule has 0 saturated carbocycles. The van der Waals surface area contributed by atoms with Gasteiger partial charge in [0.05, 0.1) is 14.2 Å². The largest absolute Gasteiger partial charge is 0.497 e. The van der Waals surface area contributed by atoms with Gasteiger partial charge in [-0.25, -0.2) is 9.78 Å². The van der Waals surface area contributed by atoms with E-state index in [0.717, 1.165) is 11.3 Å². The summed E-state index contributed by atoms with van der Waals surface area (Å²) in [5.74, 6) is 0.519. The second kappa shape index (κ2) is 7.08. The molecular formula is C15H14BrNO4. The van der Waals surface area contributed by atoms with Gasteiger partial charge in [-0.05, 0) is 39.7 Å². The predicted octanol–water partition coefficient (Wildman–Crippen LogP) is 3.22. The van der Waals surface area contributed by atoms with E-state index in [1.807, 2.05) is 24.3 Å². The zero-order valence-electron chi connectivity index (χ0n) is 11.6. The first-order valence-corrected chi connectivity index (χ1v) is 6.93. The SMILES string of the molecule is COC(=O)c1cc(Br)cnc1OCc1ccc(OC)cc1. The van der Waals surface area contributed by atoms with Gasteiger partial charge in [-0.15, -0.1) is 0 Å². The molecule has 1 aromatic heterocycles. The van der Waals surface area contributed by atoms with E-state index in [4.69, 9.17) is 14.2 Å². The molecule has 1 heterocycles. The maximum atomic E-state index is 11.7. The molecule has 0 saturated heterocycles. The number of methoxy groups -OCH3 is 2. The summed E-state index contributed by atoms with van der Waals surface area (Å²) in [7, 11) is 2.93. The molecule has 2 rings (SSSR count). The Morgan fingerprint density at radius 3 is 2.57 bits per heavy atom. The van der Waals surface area contributed by atoms with E-state index in [0.29, 0.717) is 11.1 Å². The number of pyridine rings is 1. The Hall–Kier alpha value is -2.08. The first-order valence-electron chi connectivity index (χ1n) is 6.13. The lowest BCUT2D eigenvalue weighted by molar-refractivity contribution is 0.0594. The molecule has 0 aliphatic heterocycles. The van der Waals surface area contributed by atoms with Crippen molar-refractivity contribution in [2.75, 3.05) is 14.2 Å². The Balaban J connectivity index is 2.13. The van der Waals surface area contributed by atoms with Gasteiger partial charge < -0.3 is 14.2 Å². The van der Waals surface area contributed by atoms with Gasteiger partial charge in [-0.1, -0.05) is 12.1 Å². The van der Waals surface area contributed by atoms with E-state index in [1.165, 1.54) is 7.11 Å². The first kappa shape index (κ1) is 15.3. The van der Waals surface area contributed by atoms with E-state index in [9.17, 15) is 4.79 Å². The highest BCUT2D eigenvalue weighted by Crippen LogP contribution is 2.22. The summed E-state index contributed by atoms with van der Waals surface area (Å²) in [6.07, 6.45) is 1.57. The second-order valence-corrected chi connectivity index (χ2v) is 5.05. The molecule has 0 atom stereocenters. The van der Waals surface area contributed by atoms with Crippen molar-refractivity contribution in [3.8, 4) is 11.6 Å². The van der Waals surface area contributed by atoms with Crippen molar-refractivity contribution in [2.24, 2.45) is 0 Å². The highest BCUT2D eigenvalue weighted by atomic mass is 79.9. The lowest BCUT2D eigenvalue weighted by Gasteiger charge is -2.10. The molecule has 5 nitrogen and oxygen atoms in total. The van der Waals surface area contributed by atoms with Crippen LogP contribution in [0.5, 0.6) is 11.6 Å². The number of ether oxygens (including phenoxy) is 3. The van der Waals surface area contributed by atoms with Crippen molar-refractivity contribution < 1.29 is 19.0 Å². The maximum absolute atomic E-state index is 11.7. The summed E-state index contributed by atoms with van der Waals surface area (Å²) < 4.78 is 16.1. The molecule has 0 aliphatic carbocycles. The van der Waals surface area contributed by atoms with Gasteiger partial charge in [-0.3, -0.25) is 0 Å². The smallest absolute Gasteiger partial charge is 0.343 e. The summed E-state index contributed by atoms with van der Waals surface area (Å²) in [5.41, 5.74) is 1.22. The van der Waals surface area contributed by atoms with Crippen molar-refractivity contribution in [3.63, 3.8) is 0 Å². The molecule has 21 heavy (non-hydrogen) atoms. The molecule has 0 aliphatic rings. The van der Waals surface area contributed by atoms with E-state index in [-0.39, 0.29) is 11.4 Å². The average molecular weight is 352 g/mol. The molecule has 0 unspecified atom stereocenters. The minimum absolute atomic E-state index is 0.237. The Morgan fingerprint density at radius 1 is 1.24 bits per heavy atom. The van der Waals surface area contributed by atoms with E-state index in [2.05, 4.69) is 20.9 Å². The molecular weight excluding hydrogens is 338 g/mol. The highest BCUT2D eigenvalue weighted by Gasteiger charge is 2.15. The van der Waals surface area contributed by atoms with Gasteiger partial charge >= 0.3 is 5.97 Å². The summed E-state index contributed by atoms with van der Waals surface area (Å²) in [6, 6.07) is 9.07. The van der Waals surface area contributed by atoms with Gasteiger partial charge in [0.25, 0.3) is 0 Å². The van der Waals surface area contributed by atoms with Gasteiger partial charge in [0.2, 0.25) is 5.88 Å². The third kappa shape index (κ3) is 3.95. The van der Waals surface area contributed by atoms with Crippen LogP contribution in [0.1, 0.15) is 15.9 Å². The van der Waals surface area contributed by atoms with E-state index >= 15 is 0 Å². The minimum Gasteiger partial charge on any atom is -0.497 e. The van der Waals surface area contributed by atoms with Crippen LogP contribution in [0, 0.1) is 0 Å². The number of nitrogens with zero attached hydrogens (tertiary/aromatic N) is 1. The zero-order valence-corrected chi connectivity index (χ0v) is 13.2. The molecule has 0 radical (unpaired) electrons. The van der Waals surface area contributed by atoms with Crippen LogP contribution in [0.2, 0.25) is 0 Å². The molecule has 0 bridgehead atoms. The Kier molecular flexibility index (Phi) is 5.16. The molecule has 2 aromatic rings. The predicted molar refractivity (Wildman–Crippen MR) is 80.6 cm³/mol. The number of carbonyl (C=O) groups is 1. The van der Waals surface area contributed by atoms with Gasteiger partial charge in [-0.2, -0.15) is 0 Å². The topological polar surface area (TPSA) is 57.7 Å². The number of rotatable bonds is 5. The summed E-state index contributed by atoms with van der Waals surface area (Å²) in [6.45, 7) is 0.294. The van der Waals surface area contributed by atoms with Crippen LogP contribution in [0.25, 0.3) is 0 Å². The average Bonchev–Trinajstić information content (AvgIpc) is 2.53. The Bertz CT molecular complexity index is 628. The fraction of sp³-hybridized carbons (Fsp3) is 0.200. The van der Waals surface area contributed by atoms with Crippen LogP contribution in [0.3, 0.4) is 0 Å². The molecule has 1 aromatic carbocycles. The van der Waals surface area contributed by atoms with Crippen molar-refractivity contribution in [2.45, 2.75) is 6.61 Å². The van der Waals surface area contributed by atoms with Crippen molar-refractivity contribution >= 4 is 21.9 Å². The Labute approximate surface area is 131 Å². The van der Waals surface area contributed by atoms with Crippen LogP contribution in [-0.4, -0.2) is 25.2 Å². The van der Waals surface area contributed by atoms with Crippen LogP contribution in [0.4, 0.5) is 0 Å². The summed E-state index contributed by atoms with van der Waals surface area (Å²) in [4.78, 5) is 15.8. The number of benzene rings is 1. The second-order valence-electron chi connectivity index (χ2n) is 4.13. The monoisotopic (exact) mass is 351 g/mol. The molecule has 0 fully saturated rings. The third-order valence-corrected chi connectivity index (χ3v) is 3.19. The molecule has 0 spiro atoms. The molecule has 110 valence electrons. The van der Waals surface area contributed by atoms with Crippen LogP contribution >= 0.6 is 15.9 Å². The van der Waals surface area contributed by atoms with Crippen LogP contribution < -0.4 is 9.47 Å². The number of hydrogen-bond donors (Lipinski definition) is 0. The minimum atomic E-state index is -0.492. The first-order chi connectivity index (χ1) is 10.1. The van der Waals surface area contributed by atoms with E-state index in [1.54, 1.807) is 19.4 Å². The maximum Gasteiger partial charge on any atom is 0.343 e. The van der Waals surface area contributed by atoms with Gasteiger partial charge in [0.15, 0.2) is 0 Å². The van der Waals surface area contributed by atoms with Gasteiger partial charge in [0, 0.05) is 10.7 Å². The van der Waals surface area contributed by atoms with Crippen LogP contribution in [0.15, 0.2) is 41.0 Å².